The second kappa shape index (κ2) is 9.00. The molecule has 44 heavy (non-hydrogen) atoms. The highest BCUT2D eigenvalue weighted by atomic mass is 32.1. The van der Waals surface area contributed by atoms with Gasteiger partial charge in [-0.25, -0.2) is 4.98 Å². The van der Waals surface area contributed by atoms with Crippen molar-refractivity contribution in [2.75, 3.05) is 0 Å². The molecule has 0 atom stereocenters. The number of thiophene rings is 1. The third-order valence-corrected chi connectivity index (χ3v) is 10.4. The first-order valence-corrected chi connectivity index (χ1v) is 15.8. The summed E-state index contributed by atoms with van der Waals surface area (Å²) in [7, 11) is 0. The van der Waals surface area contributed by atoms with E-state index in [1.54, 1.807) is 0 Å². The van der Waals surface area contributed by atoms with Gasteiger partial charge in [0, 0.05) is 42.7 Å². The predicted molar refractivity (Wildman–Crippen MR) is 189 cm³/mol. The van der Waals surface area contributed by atoms with E-state index >= 15 is 0 Å². The second-order valence-corrected chi connectivity index (χ2v) is 12.6. The lowest BCUT2D eigenvalue weighted by Crippen LogP contribution is -1.97. The summed E-state index contributed by atoms with van der Waals surface area (Å²) in [6.07, 6.45) is 2.03. The largest absolute Gasteiger partial charge is 0.294 e. The van der Waals surface area contributed by atoms with Gasteiger partial charge in [-0.2, -0.15) is 0 Å². The maximum Gasteiger partial charge on any atom is 0.137 e. The Bertz CT molecular complexity index is 2730. The summed E-state index contributed by atoms with van der Waals surface area (Å²) in [6, 6.07) is 50.7. The first-order chi connectivity index (χ1) is 21.8. The van der Waals surface area contributed by atoms with Crippen molar-refractivity contribution in [1.82, 2.24) is 9.55 Å². The molecule has 7 aromatic carbocycles. The van der Waals surface area contributed by atoms with Gasteiger partial charge in [-0.15, -0.1) is 11.3 Å². The van der Waals surface area contributed by atoms with Crippen LogP contribution in [0.2, 0.25) is 0 Å². The van der Waals surface area contributed by atoms with Crippen LogP contribution < -0.4 is 0 Å². The van der Waals surface area contributed by atoms with Gasteiger partial charge < -0.3 is 0 Å². The zero-order valence-corrected chi connectivity index (χ0v) is 24.5. The Morgan fingerprint density at radius 1 is 0.432 bits per heavy atom. The van der Waals surface area contributed by atoms with E-state index in [4.69, 9.17) is 4.98 Å². The molecule has 0 aliphatic carbocycles. The molecule has 204 valence electrons. The molecule has 3 heterocycles. The first-order valence-electron chi connectivity index (χ1n) is 15.0. The van der Waals surface area contributed by atoms with Gasteiger partial charge in [0.25, 0.3) is 0 Å². The van der Waals surface area contributed by atoms with Crippen molar-refractivity contribution < 1.29 is 0 Å². The van der Waals surface area contributed by atoms with Crippen LogP contribution in [0.1, 0.15) is 0 Å². The molecule has 0 unspecified atom stereocenters. The number of nitrogens with zero attached hydrogens (tertiary/aromatic N) is 2. The molecule has 0 amide bonds. The number of aromatic nitrogens is 2. The number of fused-ring (bicyclic) bond motifs is 13. The Morgan fingerprint density at radius 3 is 1.75 bits per heavy atom. The Hall–Kier alpha value is -5.51. The minimum Gasteiger partial charge on any atom is -0.294 e. The van der Waals surface area contributed by atoms with Crippen molar-refractivity contribution >= 4 is 85.6 Å². The lowest BCUT2D eigenvalue weighted by molar-refractivity contribution is 1.08. The van der Waals surface area contributed by atoms with Crippen LogP contribution in [0.25, 0.3) is 91.2 Å². The molecule has 10 rings (SSSR count). The maximum atomic E-state index is 5.08. The van der Waals surface area contributed by atoms with E-state index in [1.165, 1.54) is 79.9 Å². The number of pyridine rings is 1. The van der Waals surface area contributed by atoms with Gasteiger partial charge in [0.1, 0.15) is 5.82 Å². The monoisotopic (exact) mass is 576 g/mol. The van der Waals surface area contributed by atoms with Crippen LogP contribution in [-0.4, -0.2) is 9.55 Å². The summed E-state index contributed by atoms with van der Waals surface area (Å²) in [6.45, 7) is 0. The molecule has 10 aromatic rings. The molecule has 2 nitrogen and oxygen atoms in total. The molecule has 0 N–H and O–H groups in total. The molecule has 0 fully saturated rings. The zero-order valence-electron chi connectivity index (χ0n) is 23.7. The van der Waals surface area contributed by atoms with Gasteiger partial charge in [0.2, 0.25) is 0 Å². The van der Waals surface area contributed by atoms with E-state index in [2.05, 4.69) is 144 Å². The van der Waals surface area contributed by atoms with E-state index in [-0.39, 0.29) is 0 Å². The molecule has 0 bridgehead atoms. The Kier molecular flexibility index (Phi) is 4.90. The van der Waals surface area contributed by atoms with E-state index in [1.807, 2.05) is 17.5 Å². The van der Waals surface area contributed by atoms with Gasteiger partial charge in [-0.3, -0.25) is 4.57 Å². The van der Waals surface area contributed by atoms with Crippen LogP contribution in [0.3, 0.4) is 0 Å². The van der Waals surface area contributed by atoms with E-state index in [9.17, 15) is 0 Å². The van der Waals surface area contributed by atoms with Crippen molar-refractivity contribution in [3.8, 4) is 16.9 Å². The molecule has 0 saturated carbocycles. The van der Waals surface area contributed by atoms with Crippen molar-refractivity contribution in [3.63, 3.8) is 0 Å². The highest BCUT2D eigenvalue weighted by Crippen LogP contribution is 2.43. The third kappa shape index (κ3) is 3.27. The van der Waals surface area contributed by atoms with Gasteiger partial charge in [0.05, 0.1) is 11.0 Å². The highest BCUT2D eigenvalue weighted by Gasteiger charge is 2.18. The van der Waals surface area contributed by atoms with Crippen molar-refractivity contribution in [2.24, 2.45) is 0 Å². The number of para-hydroxylation sites is 1. The van der Waals surface area contributed by atoms with Crippen molar-refractivity contribution in [3.05, 3.63) is 146 Å². The van der Waals surface area contributed by atoms with E-state index < -0.39 is 0 Å². The molecule has 0 aliphatic heterocycles. The Balaban J connectivity index is 1.16. The minimum absolute atomic E-state index is 0.928. The van der Waals surface area contributed by atoms with Crippen molar-refractivity contribution in [2.45, 2.75) is 0 Å². The highest BCUT2D eigenvalue weighted by molar-refractivity contribution is 7.26. The molecule has 0 saturated heterocycles. The van der Waals surface area contributed by atoms with Crippen LogP contribution in [0.15, 0.2) is 146 Å². The fourth-order valence-corrected chi connectivity index (χ4v) is 8.52. The van der Waals surface area contributed by atoms with Gasteiger partial charge in [0.15, 0.2) is 0 Å². The summed E-state index contributed by atoms with van der Waals surface area (Å²) >= 11 is 1.88. The fraction of sp³-hybridized carbons (Fsp3) is 0. The lowest BCUT2D eigenvalue weighted by atomic mass is 9.92. The topological polar surface area (TPSA) is 17.8 Å². The average molecular weight is 577 g/mol. The van der Waals surface area contributed by atoms with Crippen LogP contribution >= 0.6 is 11.3 Å². The lowest BCUT2D eigenvalue weighted by Gasteiger charge is -2.12. The third-order valence-electron chi connectivity index (χ3n) is 9.23. The SMILES string of the molecule is c1ccc2c(c1)sc1c2ccc2c1c1ccccc1n2-c1ccc(-c2ccc3c4ccccc4c4ccccc4c3c2)cn1. The smallest absolute Gasteiger partial charge is 0.137 e. The summed E-state index contributed by atoms with van der Waals surface area (Å²) in [5.41, 5.74) is 4.65. The summed E-state index contributed by atoms with van der Waals surface area (Å²) in [5, 5.41) is 12.9. The molecular formula is C41H24N2S. The molecule has 0 spiro atoms. The Labute approximate surface area is 257 Å². The van der Waals surface area contributed by atoms with E-state index in [0.29, 0.717) is 0 Å². The standard InChI is InChI=1S/C41H24N2S/c1-2-11-29-27(9-1)28-10-3-4-12-30(28)35-23-25(17-19-31(29)35)26-18-22-39(42-24-26)43-36-15-7-5-14-34(36)40-37(43)21-20-33-32-13-6-8-16-38(32)44-41(33)40/h1-24H. The summed E-state index contributed by atoms with van der Waals surface area (Å²) in [4.78, 5) is 5.08. The molecular weight excluding hydrogens is 553 g/mol. The number of rotatable bonds is 2. The van der Waals surface area contributed by atoms with E-state index in [0.717, 1.165) is 11.4 Å². The first kappa shape index (κ1) is 24.0. The van der Waals surface area contributed by atoms with Gasteiger partial charge in [-0.1, -0.05) is 103 Å². The quantitative estimate of drug-likeness (QED) is 0.187. The van der Waals surface area contributed by atoms with Crippen molar-refractivity contribution in [1.29, 1.82) is 0 Å². The normalized spacial score (nSPS) is 12.1. The maximum absolute atomic E-state index is 5.08. The zero-order chi connectivity index (χ0) is 28.8. The molecule has 0 aliphatic rings. The van der Waals surface area contributed by atoms with Crippen LogP contribution in [-0.2, 0) is 0 Å². The van der Waals surface area contributed by atoms with Gasteiger partial charge in [-0.05, 0) is 74.3 Å². The van der Waals surface area contributed by atoms with Gasteiger partial charge >= 0.3 is 0 Å². The molecule has 0 radical (unpaired) electrons. The molecule has 3 heteroatoms. The van der Waals surface area contributed by atoms with Crippen LogP contribution in [0, 0.1) is 0 Å². The average Bonchev–Trinajstić information content (AvgIpc) is 3.64. The fourth-order valence-electron chi connectivity index (χ4n) is 7.26. The van der Waals surface area contributed by atoms with Crippen LogP contribution in [0.5, 0.6) is 0 Å². The minimum atomic E-state index is 0.928. The predicted octanol–water partition coefficient (Wildman–Crippen LogP) is 11.7. The second-order valence-electron chi connectivity index (χ2n) is 11.5. The number of hydrogen-bond donors (Lipinski definition) is 0. The number of hydrogen-bond acceptors (Lipinski definition) is 2. The Morgan fingerprint density at radius 2 is 1.02 bits per heavy atom. The summed E-state index contributed by atoms with van der Waals surface area (Å²) in [5.74, 6) is 0.928. The summed E-state index contributed by atoms with van der Waals surface area (Å²) < 4.78 is 4.98. The van der Waals surface area contributed by atoms with Crippen LogP contribution in [0.4, 0.5) is 0 Å². The number of benzene rings is 7. The molecule has 3 aromatic heterocycles.